The minimum absolute atomic E-state index is 0.108. The standard InChI is InChI=1S/C12H16BrNO6/c1-17-9-5-7(11(13)12(19-3)20-4)8(14(15)16)6-10(9)18-2/h5-6,11-12H,1-4H3. The van der Waals surface area contributed by atoms with Gasteiger partial charge < -0.3 is 18.9 Å². The number of methoxy groups -OCH3 is 4. The van der Waals surface area contributed by atoms with Gasteiger partial charge in [0.25, 0.3) is 5.69 Å². The number of rotatable bonds is 7. The van der Waals surface area contributed by atoms with E-state index in [9.17, 15) is 10.1 Å². The van der Waals surface area contributed by atoms with E-state index >= 15 is 0 Å². The van der Waals surface area contributed by atoms with Crippen molar-refractivity contribution in [1.29, 1.82) is 0 Å². The summed E-state index contributed by atoms with van der Waals surface area (Å²) in [5, 5.41) is 11.2. The lowest BCUT2D eigenvalue weighted by atomic mass is 10.1. The third-order valence-electron chi connectivity index (χ3n) is 2.73. The maximum Gasteiger partial charge on any atom is 0.277 e. The fourth-order valence-corrected chi connectivity index (χ4v) is 2.54. The predicted molar refractivity (Wildman–Crippen MR) is 75.7 cm³/mol. The van der Waals surface area contributed by atoms with Crippen LogP contribution in [-0.2, 0) is 9.47 Å². The van der Waals surface area contributed by atoms with Gasteiger partial charge in [0.15, 0.2) is 17.8 Å². The van der Waals surface area contributed by atoms with E-state index < -0.39 is 16.0 Å². The number of hydrogen-bond acceptors (Lipinski definition) is 6. The highest BCUT2D eigenvalue weighted by molar-refractivity contribution is 9.09. The topological polar surface area (TPSA) is 80.1 Å². The maximum absolute atomic E-state index is 11.2. The Morgan fingerprint density at radius 1 is 1.10 bits per heavy atom. The molecule has 20 heavy (non-hydrogen) atoms. The molecule has 0 fully saturated rings. The Morgan fingerprint density at radius 2 is 1.60 bits per heavy atom. The number of nitro groups is 1. The predicted octanol–water partition coefficient (Wildman–Crippen LogP) is 2.67. The molecule has 0 aliphatic rings. The van der Waals surface area contributed by atoms with Crippen LogP contribution in [0.4, 0.5) is 5.69 Å². The molecule has 0 aliphatic carbocycles. The first-order chi connectivity index (χ1) is 9.49. The van der Waals surface area contributed by atoms with Crippen molar-refractivity contribution in [3.63, 3.8) is 0 Å². The van der Waals surface area contributed by atoms with Gasteiger partial charge in [0, 0.05) is 14.2 Å². The van der Waals surface area contributed by atoms with Crippen molar-refractivity contribution < 1.29 is 23.9 Å². The number of ether oxygens (including phenoxy) is 4. The first kappa shape index (κ1) is 16.7. The summed E-state index contributed by atoms with van der Waals surface area (Å²) in [6, 6.07) is 2.84. The highest BCUT2D eigenvalue weighted by atomic mass is 79.9. The zero-order valence-electron chi connectivity index (χ0n) is 11.6. The summed E-state index contributed by atoms with van der Waals surface area (Å²) in [4.78, 5) is 10.2. The Morgan fingerprint density at radius 3 is 2.00 bits per heavy atom. The van der Waals surface area contributed by atoms with Crippen LogP contribution in [0.15, 0.2) is 12.1 Å². The Kier molecular flexibility index (Phi) is 6.18. The molecule has 0 saturated heterocycles. The maximum atomic E-state index is 11.2. The van der Waals surface area contributed by atoms with E-state index in [1.807, 2.05) is 0 Å². The molecular formula is C12H16BrNO6. The molecule has 0 aliphatic heterocycles. The molecule has 0 aromatic heterocycles. The van der Waals surface area contributed by atoms with Crippen LogP contribution in [0.1, 0.15) is 10.4 Å². The van der Waals surface area contributed by atoms with Crippen molar-refractivity contribution in [3.8, 4) is 11.5 Å². The minimum atomic E-state index is -0.674. The number of hydrogen-bond donors (Lipinski definition) is 0. The van der Waals surface area contributed by atoms with Gasteiger partial charge in [0.1, 0.15) is 0 Å². The number of nitro benzene ring substituents is 1. The van der Waals surface area contributed by atoms with E-state index in [4.69, 9.17) is 18.9 Å². The molecule has 0 N–H and O–H groups in total. The molecule has 0 bridgehead atoms. The van der Waals surface area contributed by atoms with E-state index in [1.54, 1.807) is 0 Å². The van der Waals surface area contributed by atoms with Crippen LogP contribution in [0.5, 0.6) is 11.5 Å². The average molecular weight is 350 g/mol. The van der Waals surface area contributed by atoms with Gasteiger partial charge in [0.05, 0.1) is 35.6 Å². The lowest BCUT2D eigenvalue weighted by molar-refractivity contribution is -0.385. The molecule has 7 nitrogen and oxygen atoms in total. The molecule has 1 unspecified atom stereocenters. The molecule has 0 radical (unpaired) electrons. The van der Waals surface area contributed by atoms with Crippen LogP contribution >= 0.6 is 15.9 Å². The fraction of sp³-hybridized carbons (Fsp3) is 0.500. The van der Waals surface area contributed by atoms with E-state index in [2.05, 4.69) is 15.9 Å². The molecular weight excluding hydrogens is 334 g/mol. The summed E-state index contributed by atoms with van der Waals surface area (Å²) in [5.41, 5.74) is 0.268. The number of halogens is 1. The third-order valence-corrected chi connectivity index (χ3v) is 3.66. The van der Waals surface area contributed by atoms with Crippen LogP contribution in [0.2, 0.25) is 0 Å². The average Bonchev–Trinajstić information content (AvgIpc) is 2.46. The highest BCUT2D eigenvalue weighted by Crippen LogP contribution is 2.41. The molecule has 1 atom stereocenters. The summed E-state index contributed by atoms with van der Waals surface area (Å²) < 4.78 is 20.5. The smallest absolute Gasteiger partial charge is 0.277 e. The van der Waals surface area contributed by atoms with Gasteiger partial charge in [-0.1, -0.05) is 15.9 Å². The van der Waals surface area contributed by atoms with Crippen molar-refractivity contribution >= 4 is 21.6 Å². The Bertz CT molecular complexity index is 477. The quantitative estimate of drug-likeness (QED) is 0.326. The Labute approximate surface area is 125 Å². The van der Waals surface area contributed by atoms with E-state index in [0.717, 1.165) is 0 Å². The van der Waals surface area contributed by atoms with E-state index in [0.29, 0.717) is 11.3 Å². The van der Waals surface area contributed by atoms with Gasteiger partial charge in [-0.25, -0.2) is 0 Å². The normalized spacial score (nSPS) is 12.3. The molecule has 1 aromatic rings. The Balaban J connectivity index is 3.38. The van der Waals surface area contributed by atoms with Crippen molar-refractivity contribution in [2.75, 3.05) is 28.4 Å². The number of alkyl halides is 1. The highest BCUT2D eigenvalue weighted by Gasteiger charge is 2.29. The van der Waals surface area contributed by atoms with Crippen LogP contribution in [-0.4, -0.2) is 39.7 Å². The molecule has 0 saturated carbocycles. The molecule has 112 valence electrons. The van der Waals surface area contributed by atoms with Crippen molar-refractivity contribution in [3.05, 3.63) is 27.8 Å². The zero-order chi connectivity index (χ0) is 15.3. The van der Waals surface area contributed by atoms with Crippen molar-refractivity contribution in [2.24, 2.45) is 0 Å². The number of benzene rings is 1. The summed E-state index contributed by atoms with van der Waals surface area (Å²) in [5.74, 6) is 0.678. The second-order valence-electron chi connectivity index (χ2n) is 3.76. The summed E-state index contributed by atoms with van der Waals surface area (Å²) >= 11 is 3.35. The fourth-order valence-electron chi connectivity index (χ4n) is 1.74. The lowest BCUT2D eigenvalue weighted by Gasteiger charge is -2.20. The summed E-state index contributed by atoms with van der Waals surface area (Å²) in [7, 11) is 5.78. The van der Waals surface area contributed by atoms with Gasteiger partial charge in [-0.05, 0) is 6.07 Å². The molecule has 0 spiro atoms. The van der Waals surface area contributed by atoms with Gasteiger partial charge in [-0.15, -0.1) is 0 Å². The first-order valence-electron chi connectivity index (χ1n) is 5.60. The Hall–Kier alpha value is -1.38. The van der Waals surface area contributed by atoms with Crippen molar-refractivity contribution in [1.82, 2.24) is 0 Å². The van der Waals surface area contributed by atoms with Crippen molar-refractivity contribution in [2.45, 2.75) is 11.1 Å². The van der Waals surface area contributed by atoms with E-state index in [1.165, 1.54) is 40.6 Å². The van der Waals surface area contributed by atoms with Crippen LogP contribution in [0.25, 0.3) is 0 Å². The number of nitrogens with zero attached hydrogens (tertiary/aromatic N) is 1. The molecule has 0 amide bonds. The first-order valence-corrected chi connectivity index (χ1v) is 6.51. The van der Waals surface area contributed by atoms with Gasteiger partial charge in [0.2, 0.25) is 0 Å². The molecule has 1 aromatic carbocycles. The van der Waals surface area contributed by atoms with Gasteiger partial charge in [-0.3, -0.25) is 10.1 Å². The van der Waals surface area contributed by atoms with Crippen LogP contribution in [0, 0.1) is 10.1 Å². The van der Waals surface area contributed by atoms with Gasteiger partial charge in [-0.2, -0.15) is 0 Å². The van der Waals surface area contributed by atoms with Crippen LogP contribution < -0.4 is 9.47 Å². The summed E-state index contributed by atoms with van der Waals surface area (Å²) in [6.45, 7) is 0. The molecule has 8 heteroatoms. The monoisotopic (exact) mass is 349 g/mol. The second-order valence-corrected chi connectivity index (χ2v) is 4.75. The molecule has 1 rings (SSSR count). The largest absolute Gasteiger partial charge is 0.493 e. The van der Waals surface area contributed by atoms with Crippen LogP contribution in [0.3, 0.4) is 0 Å². The summed E-state index contributed by atoms with van der Waals surface area (Å²) in [6.07, 6.45) is -0.674. The zero-order valence-corrected chi connectivity index (χ0v) is 13.2. The SMILES string of the molecule is COc1cc(C(Br)C(OC)OC)c([N+](=O)[O-])cc1OC. The van der Waals surface area contributed by atoms with E-state index in [-0.39, 0.29) is 11.4 Å². The lowest BCUT2D eigenvalue weighted by Crippen LogP contribution is -2.19. The van der Waals surface area contributed by atoms with Gasteiger partial charge >= 0.3 is 0 Å². The second kappa shape index (κ2) is 7.41. The minimum Gasteiger partial charge on any atom is -0.493 e. The third kappa shape index (κ3) is 3.38. The molecule has 0 heterocycles.